The van der Waals surface area contributed by atoms with E-state index in [0.717, 1.165) is 10.8 Å². The van der Waals surface area contributed by atoms with Crippen LogP contribution in [0.15, 0.2) is 6.20 Å². The second kappa shape index (κ2) is 7.86. The molecule has 0 bridgehead atoms. The van der Waals surface area contributed by atoms with Gasteiger partial charge in [-0.2, -0.15) is 0 Å². The van der Waals surface area contributed by atoms with Crippen molar-refractivity contribution in [1.82, 2.24) is 4.57 Å². The number of carboxylic acid groups (broad SMARTS) is 2. The number of aryl methyl sites for hydroxylation is 1. The summed E-state index contributed by atoms with van der Waals surface area (Å²) in [6.45, 7) is 0. The van der Waals surface area contributed by atoms with E-state index in [0.29, 0.717) is 0 Å². The fourth-order valence-corrected chi connectivity index (χ4v) is 1.00. The quantitative estimate of drug-likeness (QED) is 0.568. The Kier molecular flexibility index (Phi) is 9.95. The molecule has 0 radical (unpaired) electrons. The van der Waals surface area contributed by atoms with E-state index in [1.165, 1.54) is 7.05 Å². The summed E-state index contributed by atoms with van der Waals surface area (Å²) >= 11 is 0. The van der Waals surface area contributed by atoms with E-state index in [1.54, 1.807) is 0 Å². The van der Waals surface area contributed by atoms with Crippen LogP contribution in [-0.4, -0.2) is 21.6 Å². The zero-order chi connectivity index (χ0) is 10.2. The molecule has 1 N–H and O–H groups in total. The van der Waals surface area contributed by atoms with E-state index in [9.17, 15) is 19.8 Å². The molecule has 0 aromatic carbocycles. The van der Waals surface area contributed by atoms with Crippen molar-refractivity contribution >= 4 is 11.9 Å². The van der Waals surface area contributed by atoms with Gasteiger partial charge < -0.3 is 29.5 Å². The van der Waals surface area contributed by atoms with Crippen molar-refractivity contribution in [3.8, 4) is 5.75 Å². The smallest absolute Gasteiger partial charge is 0.545 e. The van der Waals surface area contributed by atoms with E-state index in [4.69, 9.17) is 5.11 Å². The number of aromatic nitrogens is 1. The molecule has 15 heavy (non-hydrogen) atoms. The third kappa shape index (κ3) is 4.42. The summed E-state index contributed by atoms with van der Waals surface area (Å²) in [6.07, 6.45) is 0.940. The Labute approximate surface area is 183 Å². The van der Waals surface area contributed by atoms with Gasteiger partial charge in [-0.05, 0) is 0 Å². The number of aromatic hydroxyl groups is 1. The molecule has 1 heterocycles. The van der Waals surface area contributed by atoms with Gasteiger partial charge in [-0.25, -0.2) is 0 Å². The van der Waals surface area contributed by atoms with Gasteiger partial charge in [0.05, 0.1) is 17.5 Å². The van der Waals surface area contributed by atoms with Gasteiger partial charge in [0.2, 0.25) is 0 Å². The van der Waals surface area contributed by atoms with Crippen LogP contribution in [0.2, 0.25) is 0 Å². The number of rotatable bonds is 2. The molecule has 0 fully saturated rings. The second-order valence-corrected chi connectivity index (χ2v) is 2.43. The maximum absolute atomic E-state index is 10.4. The zero-order valence-electron chi connectivity index (χ0n) is 8.60. The molecule has 0 atom stereocenters. The van der Waals surface area contributed by atoms with Crippen molar-refractivity contribution in [2.75, 3.05) is 0 Å². The van der Waals surface area contributed by atoms with Crippen molar-refractivity contribution in [3.63, 3.8) is 0 Å². The van der Waals surface area contributed by atoms with Crippen LogP contribution >= 0.6 is 0 Å². The Balaban J connectivity index is 0. The first kappa shape index (κ1) is 19.0. The topological polar surface area (TPSA) is 105 Å². The van der Waals surface area contributed by atoms with Crippen LogP contribution in [0.1, 0.15) is 20.8 Å². The molecule has 6 nitrogen and oxygen atoms in total. The Morgan fingerprint density at radius 3 is 1.93 bits per heavy atom. The molecule has 0 saturated carbocycles. The summed E-state index contributed by atoms with van der Waals surface area (Å²) in [6, 6.07) is 0. The van der Waals surface area contributed by atoms with Gasteiger partial charge in [0.1, 0.15) is 5.69 Å². The average Bonchev–Trinajstić information content (AvgIpc) is 2.26. The van der Waals surface area contributed by atoms with E-state index >= 15 is 0 Å². The monoisotopic (exact) mass is 353 g/mol. The third-order valence-electron chi connectivity index (χ3n) is 1.57. The molecule has 0 spiro atoms. The van der Waals surface area contributed by atoms with Crippen molar-refractivity contribution in [2.24, 2.45) is 7.05 Å². The van der Waals surface area contributed by atoms with Gasteiger partial charge in [-0.1, -0.05) is 0 Å². The number of carboxylic acids is 2. The fraction of sp³-hybridized carbons (Fsp3) is 0.143. The van der Waals surface area contributed by atoms with Gasteiger partial charge in [-0.3, -0.25) is 0 Å². The summed E-state index contributed by atoms with van der Waals surface area (Å²) < 4.78 is 0.940. The van der Waals surface area contributed by atoms with Crippen LogP contribution in [0, 0.1) is 0 Å². The summed E-state index contributed by atoms with van der Waals surface area (Å²) in [5.41, 5.74) is -1.15. The third-order valence-corrected chi connectivity index (χ3v) is 1.57. The Morgan fingerprint density at radius 2 is 1.73 bits per heavy atom. The summed E-state index contributed by atoms with van der Waals surface area (Å²) in [5.74, 6) is -4.13. The second-order valence-electron chi connectivity index (χ2n) is 2.43. The predicted octanol–water partition coefficient (Wildman–Crippen LogP) is -8.53. The van der Waals surface area contributed by atoms with Gasteiger partial charge >= 0.3 is 116 Å². The van der Waals surface area contributed by atoms with Crippen LogP contribution in [0.25, 0.3) is 0 Å². The van der Waals surface area contributed by atoms with Crippen LogP contribution < -0.4 is 127 Å². The number of carbonyl (C=O) groups is 2. The van der Waals surface area contributed by atoms with Gasteiger partial charge in [0.25, 0.3) is 0 Å². The maximum atomic E-state index is 10.4. The molecule has 0 amide bonds. The standard InChI is InChI=1S/C7H7NO5.2Rb/c1-8-2-3(6(10)11)5(9)4(8)7(12)13;;/h2,9H,1H3,(H,10,11)(H,12,13);;/q;2*+1/p-2. The largest absolute Gasteiger partial charge is 1.00 e. The van der Waals surface area contributed by atoms with E-state index < -0.39 is 28.9 Å². The molecule has 0 aliphatic carbocycles. The van der Waals surface area contributed by atoms with Gasteiger partial charge in [-0.15, -0.1) is 0 Å². The number of carbonyl (C=O) groups excluding carboxylic acids is 2. The fourth-order valence-electron chi connectivity index (χ4n) is 1.00. The molecular formula is C7H5NO5Rb2. The van der Waals surface area contributed by atoms with Gasteiger partial charge in [0.15, 0.2) is 5.75 Å². The average molecular weight is 354 g/mol. The minimum Gasteiger partial charge on any atom is -0.545 e. The van der Waals surface area contributed by atoms with Crippen LogP contribution in [0.4, 0.5) is 0 Å². The number of aromatic carboxylic acids is 2. The summed E-state index contributed by atoms with van der Waals surface area (Å²) in [4.78, 5) is 20.7. The number of nitrogens with zero attached hydrogens (tertiary/aromatic N) is 1. The summed E-state index contributed by atoms with van der Waals surface area (Å²) in [7, 11) is 1.28. The van der Waals surface area contributed by atoms with Crippen LogP contribution in [-0.2, 0) is 7.05 Å². The maximum Gasteiger partial charge on any atom is 1.00 e. The normalized spacial score (nSPS) is 8.60. The Morgan fingerprint density at radius 1 is 1.27 bits per heavy atom. The van der Waals surface area contributed by atoms with Crippen molar-refractivity contribution in [3.05, 3.63) is 17.5 Å². The Hall–Kier alpha value is 1.63. The predicted molar refractivity (Wildman–Crippen MR) is 35.7 cm³/mol. The SMILES string of the molecule is Cn1cc(C(=O)[O-])c(O)c1C(=O)[O-].[Rb+].[Rb+]. The first-order valence-corrected chi connectivity index (χ1v) is 3.26. The van der Waals surface area contributed by atoms with E-state index in [-0.39, 0.29) is 116 Å². The number of hydrogen-bond acceptors (Lipinski definition) is 5. The van der Waals surface area contributed by atoms with E-state index in [1.807, 2.05) is 0 Å². The molecule has 0 saturated heterocycles. The molecular weight excluding hydrogens is 349 g/mol. The molecule has 1 rings (SSSR count). The van der Waals surface area contributed by atoms with Crippen LogP contribution in [0.3, 0.4) is 0 Å². The molecule has 70 valence electrons. The van der Waals surface area contributed by atoms with Crippen molar-refractivity contribution in [2.45, 2.75) is 0 Å². The first-order valence-electron chi connectivity index (χ1n) is 3.26. The molecule has 1 aromatic heterocycles. The molecule has 0 aliphatic rings. The summed E-state index contributed by atoms with van der Waals surface area (Å²) in [5, 5.41) is 29.8. The van der Waals surface area contributed by atoms with Crippen molar-refractivity contribution in [1.29, 1.82) is 0 Å². The minimum absolute atomic E-state index is 0. The van der Waals surface area contributed by atoms with Crippen LogP contribution in [0.5, 0.6) is 5.75 Å². The van der Waals surface area contributed by atoms with Crippen molar-refractivity contribution < 1.29 is 141 Å². The number of hydrogen-bond donors (Lipinski definition) is 1. The molecule has 0 unspecified atom stereocenters. The minimum atomic E-state index is -1.65. The Bertz CT molecular complexity index is 387. The zero-order valence-corrected chi connectivity index (χ0v) is 18.4. The van der Waals surface area contributed by atoms with E-state index in [2.05, 4.69) is 0 Å². The molecule has 8 heteroatoms. The molecule has 1 aromatic rings. The first-order chi connectivity index (χ1) is 5.95. The van der Waals surface area contributed by atoms with Gasteiger partial charge in [0, 0.05) is 13.2 Å². The molecule has 0 aliphatic heterocycles.